The number of hydrogen-bond acceptors (Lipinski definition) is 3. The van der Waals surface area contributed by atoms with Gasteiger partial charge in [-0.25, -0.2) is 4.98 Å². The average Bonchev–Trinajstić information content (AvgIpc) is 2.67. The van der Waals surface area contributed by atoms with Gasteiger partial charge in [-0.05, 0) is 44.4 Å². The van der Waals surface area contributed by atoms with Crippen LogP contribution in [0.1, 0.15) is 37.3 Å². The summed E-state index contributed by atoms with van der Waals surface area (Å²) in [7, 11) is 0. The Balaban J connectivity index is 2.51. The molecule has 3 N–H and O–H groups in total. The second-order valence-corrected chi connectivity index (χ2v) is 4.35. The van der Waals surface area contributed by atoms with E-state index in [2.05, 4.69) is 24.1 Å². The fourth-order valence-electron chi connectivity index (χ4n) is 2.70. The van der Waals surface area contributed by atoms with Crippen molar-refractivity contribution in [2.24, 2.45) is 0 Å². The van der Waals surface area contributed by atoms with Gasteiger partial charge in [-0.1, -0.05) is 6.92 Å². The molecule has 3 heteroatoms. The summed E-state index contributed by atoms with van der Waals surface area (Å²) in [5.74, 6) is 0.686. The number of nitrogens with one attached hydrogen (secondary N) is 1. The molecule has 1 aromatic heterocycles. The van der Waals surface area contributed by atoms with Crippen LogP contribution < -0.4 is 11.1 Å². The lowest BCUT2D eigenvalue weighted by Gasteiger charge is -2.31. The third-order valence-corrected chi connectivity index (χ3v) is 3.51. The molecule has 0 radical (unpaired) electrons. The van der Waals surface area contributed by atoms with Gasteiger partial charge in [0.25, 0.3) is 0 Å². The SMILES string of the molecule is CCC1(c2c(C)ccnc2N)CCCN1. The zero-order valence-electron chi connectivity index (χ0n) is 9.51. The highest BCUT2D eigenvalue weighted by Gasteiger charge is 2.36. The maximum Gasteiger partial charge on any atom is 0.128 e. The molecule has 82 valence electrons. The van der Waals surface area contributed by atoms with Crippen LogP contribution in [-0.4, -0.2) is 11.5 Å². The maximum absolute atomic E-state index is 6.01. The number of nitrogens with two attached hydrogens (primary N) is 1. The van der Waals surface area contributed by atoms with E-state index >= 15 is 0 Å². The molecular weight excluding hydrogens is 186 g/mol. The number of nitrogens with zero attached hydrogens (tertiary/aromatic N) is 1. The quantitative estimate of drug-likeness (QED) is 0.776. The number of rotatable bonds is 2. The van der Waals surface area contributed by atoms with Gasteiger partial charge in [0.05, 0.1) is 0 Å². The van der Waals surface area contributed by atoms with E-state index in [1.165, 1.54) is 24.0 Å². The Bertz CT molecular complexity index is 334. The second-order valence-electron chi connectivity index (χ2n) is 4.35. The van der Waals surface area contributed by atoms with Crippen LogP contribution in [0.5, 0.6) is 0 Å². The van der Waals surface area contributed by atoms with Gasteiger partial charge in [0.1, 0.15) is 5.82 Å². The zero-order valence-corrected chi connectivity index (χ0v) is 9.51. The van der Waals surface area contributed by atoms with E-state index in [9.17, 15) is 0 Å². The van der Waals surface area contributed by atoms with Gasteiger partial charge in [0.15, 0.2) is 0 Å². The molecule has 1 aliphatic heterocycles. The van der Waals surface area contributed by atoms with Gasteiger partial charge in [-0.2, -0.15) is 0 Å². The Labute approximate surface area is 91.1 Å². The molecule has 2 rings (SSSR count). The molecule has 2 heterocycles. The largest absolute Gasteiger partial charge is 0.383 e. The first-order chi connectivity index (χ1) is 7.19. The molecule has 0 bridgehead atoms. The van der Waals surface area contributed by atoms with Gasteiger partial charge in [0, 0.05) is 17.3 Å². The fraction of sp³-hybridized carbons (Fsp3) is 0.583. The Hall–Kier alpha value is -1.09. The Morgan fingerprint density at radius 3 is 2.93 bits per heavy atom. The van der Waals surface area contributed by atoms with Gasteiger partial charge >= 0.3 is 0 Å². The number of hydrogen-bond donors (Lipinski definition) is 2. The predicted octanol–water partition coefficient (Wildman–Crippen LogP) is 1.96. The summed E-state index contributed by atoms with van der Waals surface area (Å²) in [6.45, 7) is 5.41. The third-order valence-electron chi connectivity index (χ3n) is 3.51. The lowest BCUT2D eigenvalue weighted by atomic mass is 9.83. The minimum absolute atomic E-state index is 0.0719. The highest BCUT2D eigenvalue weighted by atomic mass is 15.0. The van der Waals surface area contributed by atoms with Crippen molar-refractivity contribution < 1.29 is 0 Å². The molecule has 0 aromatic carbocycles. The highest BCUT2D eigenvalue weighted by Crippen LogP contribution is 2.38. The minimum atomic E-state index is 0.0719. The molecule has 1 unspecified atom stereocenters. The number of pyridine rings is 1. The summed E-state index contributed by atoms with van der Waals surface area (Å²) in [6, 6.07) is 2.04. The molecular formula is C12H19N3. The number of aromatic nitrogens is 1. The van der Waals surface area contributed by atoms with E-state index in [1.54, 1.807) is 6.20 Å². The lowest BCUT2D eigenvalue weighted by Crippen LogP contribution is -2.37. The second kappa shape index (κ2) is 3.81. The molecule has 15 heavy (non-hydrogen) atoms. The van der Waals surface area contributed by atoms with Gasteiger partial charge in [-0.3, -0.25) is 0 Å². The van der Waals surface area contributed by atoms with Crippen LogP contribution in [0.4, 0.5) is 5.82 Å². The Morgan fingerprint density at radius 2 is 2.40 bits per heavy atom. The van der Waals surface area contributed by atoms with Crippen molar-refractivity contribution >= 4 is 5.82 Å². The number of aryl methyl sites for hydroxylation is 1. The molecule has 1 fully saturated rings. The molecule has 3 nitrogen and oxygen atoms in total. The summed E-state index contributed by atoms with van der Waals surface area (Å²) < 4.78 is 0. The van der Waals surface area contributed by atoms with Crippen LogP contribution in [0.25, 0.3) is 0 Å². The monoisotopic (exact) mass is 205 g/mol. The van der Waals surface area contributed by atoms with E-state index in [0.29, 0.717) is 5.82 Å². The topological polar surface area (TPSA) is 50.9 Å². The predicted molar refractivity (Wildman–Crippen MR) is 62.6 cm³/mol. The van der Waals surface area contributed by atoms with Crippen molar-refractivity contribution in [1.29, 1.82) is 0 Å². The van der Waals surface area contributed by atoms with Gasteiger partial charge in [-0.15, -0.1) is 0 Å². The Kier molecular flexibility index (Phi) is 2.65. The van der Waals surface area contributed by atoms with Crippen LogP contribution in [0, 0.1) is 6.92 Å². The molecule has 0 saturated carbocycles. The van der Waals surface area contributed by atoms with Crippen molar-refractivity contribution in [2.75, 3.05) is 12.3 Å². The van der Waals surface area contributed by atoms with Crippen LogP contribution in [0.2, 0.25) is 0 Å². The van der Waals surface area contributed by atoms with E-state index in [1.807, 2.05) is 6.07 Å². The van der Waals surface area contributed by atoms with E-state index in [4.69, 9.17) is 5.73 Å². The first kappa shape index (κ1) is 10.4. The standard InChI is InChI=1S/C12H19N3/c1-3-12(6-4-7-15-12)10-9(2)5-8-14-11(10)13/h5,8,15H,3-4,6-7H2,1-2H3,(H2,13,14). The van der Waals surface area contributed by atoms with E-state index < -0.39 is 0 Å². The Morgan fingerprint density at radius 1 is 1.60 bits per heavy atom. The molecule has 1 atom stereocenters. The molecule has 1 saturated heterocycles. The lowest BCUT2D eigenvalue weighted by molar-refractivity contribution is 0.374. The number of nitrogen functional groups attached to an aromatic ring is 1. The van der Waals surface area contributed by atoms with Crippen LogP contribution in [0.15, 0.2) is 12.3 Å². The third kappa shape index (κ3) is 1.61. The molecule has 1 aliphatic rings. The summed E-state index contributed by atoms with van der Waals surface area (Å²) in [6.07, 6.45) is 5.25. The first-order valence-electron chi connectivity index (χ1n) is 5.66. The molecule has 0 aliphatic carbocycles. The number of anilines is 1. The van der Waals surface area contributed by atoms with Gasteiger partial charge < -0.3 is 11.1 Å². The zero-order chi connectivity index (χ0) is 10.9. The maximum atomic E-state index is 6.01. The molecule has 0 amide bonds. The minimum Gasteiger partial charge on any atom is -0.383 e. The van der Waals surface area contributed by atoms with Crippen molar-refractivity contribution in [2.45, 2.75) is 38.6 Å². The van der Waals surface area contributed by atoms with Crippen molar-refractivity contribution in [3.05, 3.63) is 23.4 Å². The highest BCUT2D eigenvalue weighted by molar-refractivity contribution is 5.49. The fourth-order valence-corrected chi connectivity index (χ4v) is 2.70. The average molecular weight is 205 g/mol. The van der Waals surface area contributed by atoms with E-state index in [-0.39, 0.29) is 5.54 Å². The normalized spacial score (nSPS) is 25.7. The van der Waals surface area contributed by atoms with E-state index in [0.717, 1.165) is 13.0 Å². The van der Waals surface area contributed by atoms with Crippen LogP contribution in [0.3, 0.4) is 0 Å². The molecule has 0 spiro atoms. The summed E-state index contributed by atoms with van der Waals surface area (Å²) >= 11 is 0. The van der Waals surface area contributed by atoms with Crippen LogP contribution >= 0.6 is 0 Å². The van der Waals surface area contributed by atoms with Crippen molar-refractivity contribution in [3.63, 3.8) is 0 Å². The first-order valence-corrected chi connectivity index (χ1v) is 5.66. The van der Waals surface area contributed by atoms with Crippen molar-refractivity contribution in [1.82, 2.24) is 10.3 Å². The summed E-state index contributed by atoms with van der Waals surface area (Å²) in [4.78, 5) is 4.22. The van der Waals surface area contributed by atoms with Crippen LogP contribution in [-0.2, 0) is 5.54 Å². The summed E-state index contributed by atoms with van der Waals surface area (Å²) in [5.41, 5.74) is 8.54. The smallest absolute Gasteiger partial charge is 0.128 e. The molecule has 1 aromatic rings. The van der Waals surface area contributed by atoms with Gasteiger partial charge in [0.2, 0.25) is 0 Å². The summed E-state index contributed by atoms with van der Waals surface area (Å²) in [5, 5.41) is 3.60. The van der Waals surface area contributed by atoms with Crippen molar-refractivity contribution in [3.8, 4) is 0 Å².